The summed E-state index contributed by atoms with van der Waals surface area (Å²) in [6.45, 7) is 6.77. The molecule has 0 spiro atoms. The van der Waals surface area contributed by atoms with Crippen LogP contribution in [0, 0.1) is 10.1 Å². The zero-order chi connectivity index (χ0) is 22.2. The van der Waals surface area contributed by atoms with Crippen LogP contribution in [0.1, 0.15) is 12.5 Å². The van der Waals surface area contributed by atoms with Gasteiger partial charge in [-0.15, -0.1) is 0 Å². The Bertz CT molecular complexity index is 924. The van der Waals surface area contributed by atoms with Crippen LogP contribution in [0.15, 0.2) is 48.5 Å². The van der Waals surface area contributed by atoms with Crippen LogP contribution in [0.3, 0.4) is 0 Å². The molecule has 9 heteroatoms. The molecule has 1 aliphatic rings. The van der Waals surface area contributed by atoms with Gasteiger partial charge < -0.3 is 19.9 Å². The highest BCUT2D eigenvalue weighted by molar-refractivity contribution is 5.93. The Morgan fingerprint density at radius 3 is 2.39 bits per heavy atom. The van der Waals surface area contributed by atoms with Crippen LogP contribution in [0.2, 0.25) is 0 Å². The predicted octanol–water partition coefficient (Wildman–Crippen LogP) is 2.46. The lowest BCUT2D eigenvalue weighted by Crippen LogP contribution is -2.46. The van der Waals surface area contributed by atoms with Gasteiger partial charge in [-0.25, -0.2) is 0 Å². The van der Waals surface area contributed by atoms with E-state index in [0.29, 0.717) is 5.69 Å². The molecule has 2 aromatic carbocycles. The minimum atomic E-state index is -0.703. The molecule has 31 heavy (non-hydrogen) atoms. The Kier molecular flexibility index (Phi) is 7.55. The van der Waals surface area contributed by atoms with Crippen LogP contribution < -0.4 is 10.2 Å². The Balaban J connectivity index is 1.45. The average molecular weight is 426 g/mol. The highest BCUT2D eigenvalue weighted by Gasteiger charge is 2.18. The van der Waals surface area contributed by atoms with Crippen molar-refractivity contribution in [3.05, 3.63) is 64.2 Å². The second kappa shape index (κ2) is 10.5. The van der Waals surface area contributed by atoms with Crippen molar-refractivity contribution in [1.29, 1.82) is 0 Å². The van der Waals surface area contributed by atoms with Gasteiger partial charge in [-0.1, -0.05) is 25.1 Å². The van der Waals surface area contributed by atoms with Gasteiger partial charge in [-0.3, -0.25) is 19.7 Å². The van der Waals surface area contributed by atoms with Crippen molar-refractivity contribution >= 4 is 28.9 Å². The molecule has 1 N–H and O–H groups in total. The number of piperazine rings is 1. The number of rotatable bonds is 8. The molecule has 1 saturated heterocycles. The first-order valence-electron chi connectivity index (χ1n) is 10.2. The van der Waals surface area contributed by atoms with Crippen molar-refractivity contribution in [3.63, 3.8) is 0 Å². The maximum absolute atomic E-state index is 12.1. The molecule has 0 aliphatic carbocycles. The number of ether oxygens (including phenoxy) is 1. The van der Waals surface area contributed by atoms with Gasteiger partial charge in [0, 0.05) is 49.2 Å². The van der Waals surface area contributed by atoms with E-state index in [0.717, 1.165) is 38.4 Å². The van der Waals surface area contributed by atoms with Gasteiger partial charge in [0.2, 0.25) is 0 Å². The third-order valence-corrected chi connectivity index (χ3v) is 5.22. The van der Waals surface area contributed by atoms with E-state index < -0.39 is 23.4 Å². The molecular weight excluding hydrogens is 400 g/mol. The molecule has 9 nitrogen and oxygen atoms in total. The van der Waals surface area contributed by atoms with Gasteiger partial charge >= 0.3 is 5.97 Å². The number of amides is 1. The smallest absolute Gasteiger partial charge is 0.311 e. The molecule has 1 amide bonds. The number of nitrogens with zero attached hydrogens (tertiary/aromatic N) is 3. The minimum Gasteiger partial charge on any atom is -0.455 e. The number of hydrogen-bond acceptors (Lipinski definition) is 7. The summed E-state index contributed by atoms with van der Waals surface area (Å²) in [6.07, 6.45) is -0.273. The van der Waals surface area contributed by atoms with Crippen LogP contribution in [0.4, 0.5) is 17.1 Å². The van der Waals surface area contributed by atoms with Gasteiger partial charge in [0.15, 0.2) is 6.61 Å². The second-order valence-electron chi connectivity index (χ2n) is 7.24. The summed E-state index contributed by atoms with van der Waals surface area (Å²) >= 11 is 0. The van der Waals surface area contributed by atoms with Crippen LogP contribution in [0.5, 0.6) is 0 Å². The summed E-state index contributed by atoms with van der Waals surface area (Å²) in [6, 6.07) is 13.5. The highest BCUT2D eigenvalue weighted by atomic mass is 16.6. The van der Waals surface area contributed by atoms with Gasteiger partial charge in [-0.2, -0.15) is 0 Å². The van der Waals surface area contributed by atoms with Crippen LogP contribution in [-0.4, -0.2) is 61.0 Å². The largest absolute Gasteiger partial charge is 0.455 e. The van der Waals surface area contributed by atoms with E-state index in [4.69, 9.17) is 4.74 Å². The molecule has 0 unspecified atom stereocenters. The van der Waals surface area contributed by atoms with Crippen LogP contribution in [-0.2, 0) is 20.7 Å². The van der Waals surface area contributed by atoms with Crippen molar-refractivity contribution in [2.75, 3.05) is 49.5 Å². The number of benzene rings is 2. The lowest BCUT2D eigenvalue weighted by molar-refractivity contribution is -0.385. The zero-order valence-corrected chi connectivity index (χ0v) is 17.5. The molecule has 164 valence electrons. The zero-order valence-electron chi connectivity index (χ0n) is 17.5. The van der Waals surface area contributed by atoms with Gasteiger partial charge in [0.05, 0.1) is 11.3 Å². The Morgan fingerprint density at radius 1 is 1.06 bits per heavy atom. The molecule has 3 rings (SSSR count). The van der Waals surface area contributed by atoms with Gasteiger partial charge in [0.25, 0.3) is 11.6 Å². The molecular formula is C22H26N4O5. The third-order valence-electron chi connectivity index (χ3n) is 5.22. The molecule has 0 aromatic heterocycles. The van der Waals surface area contributed by atoms with Gasteiger partial charge in [-0.05, 0) is 30.8 Å². The average Bonchev–Trinajstić information content (AvgIpc) is 2.78. The molecule has 1 heterocycles. The second-order valence-corrected chi connectivity index (χ2v) is 7.24. The molecule has 0 bridgehead atoms. The number of likely N-dealkylation sites (N-methyl/N-ethyl adjacent to an activating group) is 1. The fourth-order valence-corrected chi connectivity index (χ4v) is 3.47. The number of carbonyl (C=O) groups excluding carboxylic acids is 2. The molecule has 1 aliphatic heterocycles. The first kappa shape index (κ1) is 22.2. The number of hydrogen-bond donors (Lipinski definition) is 1. The predicted molar refractivity (Wildman–Crippen MR) is 117 cm³/mol. The summed E-state index contributed by atoms with van der Waals surface area (Å²) in [5, 5.41) is 13.7. The number of nitro benzene ring substituents is 1. The van der Waals surface area contributed by atoms with Crippen molar-refractivity contribution < 1.29 is 19.2 Å². The van der Waals surface area contributed by atoms with Crippen molar-refractivity contribution in [1.82, 2.24) is 4.90 Å². The number of carbonyl (C=O) groups is 2. The van der Waals surface area contributed by atoms with Crippen molar-refractivity contribution in [2.45, 2.75) is 13.3 Å². The number of nitrogens with one attached hydrogen (secondary N) is 1. The van der Waals surface area contributed by atoms with E-state index in [9.17, 15) is 19.7 Å². The fourth-order valence-electron chi connectivity index (χ4n) is 3.47. The maximum Gasteiger partial charge on any atom is 0.311 e. The Labute approximate surface area is 180 Å². The number of para-hydroxylation sites is 1. The van der Waals surface area contributed by atoms with E-state index in [1.807, 2.05) is 24.3 Å². The van der Waals surface area contributed by atoms with Crippen molar-refractivity contribution in [2.24, 2.45) is 0 Å². The summed E-state index contributed by atoms with van der Waals surface area (Å²) in [4.78, 5) is 39.2. The van der Waals surface area contributed by atoms with E-state index >= 15 is 0 Å². The third kappa shape index (κ3) is 6.26. The Morgan fingerprint density at radius 2 is 1.74 bits per heavy atom. The lowest BCUT2D eigenvalue weighted by Gasteiger charge is -2.35. The standard InChI is InChI=1S/C22H26N4O5/c1-2-24-11-13-25(14-12-24)19-9-7-18(8-10-19)23-21(27)16-31-22(28)15-17-5-3-4-6-20(17)26(29)30/h3-10H,2,11-16H2,1H3,(H,23,27). The summed E-state index contributed by atoms with van der Waals surface area (Å²) < 4.78 is 4.97. The lowest BCUT2D eigenvalue weighted by atomic mass is 10.1. The van der Waals surface area contributed by atoms with E-state index in [-0.39, 0.29) is 17.7 Å². The van der Waals surface area contributed by atoms with Crippen LogP contribution >= 0.6 is 0 Å². The SMILES string of the molecule is CCN1CCN(c2ccc(NC(=O)COC(=O)Cc3ccccc3[N+](=O)[O-])cc2)CC1. The quantitative estimate of drug-likeness (QED) is 0.393. The van der Waals surface area contributed by atoms with Gasteiger partial charge in [0.1, 0.15) is 0 Å². The van der Waals surface area contributed by atoms with Crippen molar-refractivity contribution in [3.8, 4) is 0 Å². The molecule has 0 radical (unpaired) electrons. The normalized spacial score (nSPS) is 14.2. The summed E-state index contributed by atoms with van der Waals surface area (Å²) in [5.41, 5.74) is 1.80. The van der Waals surface area contributed by atoms with E-state index in [1.165, 1.54) is 18.2 Å². The van der Waals surface area contributed by atoms with E-state index in [1.54, 1.807) is 6.07 Å². The number of anilines is 2. The minimum absolute atomic E-state index is 0.153. The molecule has 0 saturated carbocycles. The monoisotopic (exact) mass is 426 g/mol. The molecule has 0 atom stereocenters. The Hall–Kier alpha value is -3.46. The molecule has 1 fully saturated rings. The topological polar surface area (TPSA) is 105 Å². The number of nitro groups is 1. The first-order valence-corrected chi connectivity index (χ1v) is 10.2. The maximum atomic E-state index is 12.1. The summed E-state index contributed by atoms with van der Waals surface area (Å²) in [5.74, 6) is -1.17. The first-order chi connectivity index (χ1) is 15.0. The number of esters is 1. The van der Waals surface area contributed by atoms with Crippen LogP contribution in [0.25, 0.3) is 0 Å². The highest BCUT2D eigenvalue weighted by Crippen LogP contribution is 2.20. The molecule has 2 aromatic rings. The summed E-state index contributed by atoms with van der Waals surface area (Å²) in [7, 11) is 0. The van der Waals surface area contributed by atoms with E-state index in [2.05, 4.69) is 22.0 Å². The fraction of sp³-hybridized carbons (Fsp3) is 0.364.